The number of alkyl halides is 3. The number of nitrogens with zero attached hydrogens (tertiary/aromatic N) is 1. The Morgan fingerprint density at radius 1 is 1.19 bits per heavy atom. The van der Waals surface area contributed by atoms with E-state index in [1.807, 2.05) is 32.9 Å². The van der Waals surface area contributed by atoms with Crippen molar-refractivity contribution < 1.29 is 13.2 Å². The quantitative estimate of drug-likeness (QED) is 0.823. The summed E-state index contributed by atoms with van der Waals surface area (Å²) in [6.07, 6.45) is -4.16. The molecule has 1 aromatic carbocycles. The van der Waals surface area contributed by atoms with Gasteiger partial charge in [-0.15, -0.1) is 0 Å². The highest BCUT2D eigenvalue weighted by molar-refractivity contribution is 5.33. The molecule has 0 saturated heterocycles. The van der Waals surface area contributed by atoms with E-state index in [0.29, 0.717) is 13.1 Å². The summed E-state index contributed by atoms with van der Waals surface area (Å²) in [5.41, 5.74) is 3.35. The average molecular weight is 302 g/mol. The minimum atomic E-state index is -4.16. The van der Waals surface area contributed by atoms with Crippen molar-refractivity contribution in [3.63, 3.8) is 0 Å². The first-order valence-corrected chi connectivity index (χ1v) is 7.36. The van der Waals surface area contributed by atoms with E-state index in [2.05, 4.69) is 11.4 Å². The van der Waals surface area contributed by atoms with Crippen LogP contribution in [-0.4, -0.2) is 37.3 Å². The summed E-state index contributed by atoms with van der Waals surface area (Å²) in [6.45, 7) is 8.35. The second kappa shape index (κ2) is 7.80. The van der Waals surface area contributed by atoms with Gasteiger partial charge in [-0.3, -0.25) is 4.90 Å². The molecule has 0 bridgehead atoms. The van der Waals surface area contributed by atoms with E-state index in [4.69, 9.17) is 0 Å². The number of rotatable bonds is 7. The fourth-order valence-electron chi connectivity index (χ4n) is 2.55. The van der Waals surface area contributed by atoms with Crippen LogP contribution in [0.4, 0.5) is 13.2 Å². The molecule has 0 fully saturated rings. The molecule has 1 unspecified atom stereocenters. The monoisotopic (exact) mass is 302 g/mol. The molecular formula is C16H25F3N2. The minimum Gasteiger partial charge on any atom is -0.309 e. The summed E-state index contributed by atoms with van der Waals surface area (Å²) in [5.74, 6) is 0. The van der Waals surface area contributed by atoms with Gasteiger partial charge in [-0.1, -0.05) is 37.6 Å². The molecule has 0 spiro atoms. The highest BCUT2D eigenvalue weighted by Gasteiger charge is 2.31. The van der Waals surface area contributed by atoms with Gasteiger partial charge in [-0.05, 0) is 38.1 Å². The van der Waals surface area contributed by atoms with Crippen LogP contribution in [0.15, 0.2) is 18.2 Å². The Morgan fingerprint density at radius 3 is 2.33 bits per heavy atom. The smallest absolute Gasteiger partial charge is 0.309 e. The maximum absolute atomic E-state index is 12.6. The third kappa shape index (κ3) is 6.06. The summed E-state index contributed by atoms with van der Waals surface area (Å²) >= 11 is 0. The molecule has 0 amide bonds. The first-order valence-electron chi connectivity index (χ1n) is 7.36. The van der Waals surface area contributed by atoms with E-state index in [-0.39, 0.29) is 6.04 Å². The average Bonchev–Trinajstić information content (AvgIpc) is 2.36. The first-order chi connectivity index (χ1) is 9.76. The number of hydrogen-bond acceptors (Lipinski definition) is 2. The van der Waals surface area contributed by atoms with Gasteiger partial charge in [0.25, 0.3) is 0 Å². The zero-order valence-corrected chi connectivity index (χ0v) is 13.2. The summed E-state index contributed by atoms with van der Waals surface area (Å²) < 4.78 is 37.8. The fraction of sp³-hybridized carbons (Fsp3) is 0.625. The van der Waals surface area contributed by atoms with Gasteiger partial charge in [0.1, 0.15) is 0 Å². The topological polar surface area (TPSA) is 15.3 Å². The first kappa shape index (κ1) is 18.0. The van der Waals surface area contributed by atoms with Crippen LogP contribution in [0.5, 0.6) is 0 Å². The predicted octanol–water partition coefficient (Wildman–Crippen LogP) is 3.84. The van der Waals surface area contributed by atoms with Gasteiger partial charge >= 0.3 is 6.18 Å². The third-order valence-electron chi connectivity index (χ3n) is 3.54. The molecule has 1 atom stereocenters. The molecule has 2 nitrogen and oxygen atoms in total. The summed E-state index contributed by atoms with van der Waals surface area (Å²) in [5, 5.41) is 3.30. The summed E-state index contributed by atoms with van der Waals surface area (Å²) in [7, 11) is 0. The number of halogens is 3. The van der Waals surface area contributed by atoms with Crippen molar-refractivity contribution in [2.45, 2.75) is 39.9 Å². The molecule has 120 valence electrons. The molecule has 0 saturated carbocycles. The maximum atomic E-state index is 12.6. The molecule has 0 aliphatic carbocycles. The van der Waals surface area contributed by atoms with Crippen molar-refractivity contribution in [3.8, 4) is 0 Å². The van der Waals surface area contributed by atoms with Crippen LogP contribution in [0.2, 0.25) is 0 Å². The van der Waals surface area contributed by atoms with Crippen LogP contribution in [-0.2, 0) is 0 Å². The summed E-state index contributed by atoms with van der Waals surface area (Å²) in [4.78, 5) is 1.44. The highest BCUT2D eigenvalue weighted by Crippen LogP contribution is 2.22. The molecule has 0 aromatic heterocycles. The molecule has 0 aliphatic heterocycles. The van der Waals surface area contributed by atoms with Crippen LogP contribution >= 0.6 is 0 Å². The summed E-state index contributed by atoms with van der Waals surface area (Å²) in [6, 6.07) is 6.00. The van der Waals surface area contributed by atoms with Crippen LogP contribution in [0.1, 0.15) is 36.6 Å². The number of nitrogens with one attached hydrogen (secondary N) is 1. The lowest BCUT2D eigenvalue weighted by Gasteiger charge is -2.29. The molecule has 5 heteroatoms. The van der Waals surface area contributed by atoms with Gasteiger partial charge < -0.3 is 5.32 Å². The van der Waals surface area contributed by atoms with E-state index in [0.717, 1.165) is 23.2 Å². The Morgan fingerprint density at radius 2 is 1.86 bits per heavy atom. The van der Waals surface area contributed by atoms with Gasteiger partial charge in [-0.25, -0.2) is 0 Å². The molecule has 21 heavy (non-hydrogen) atoms. The predicted molar refractivity (Wildman–Crippen MR) is 80.5 cm³/mol. The molecular weight excluding hydrogens is 277 g/mol. The lowest BCUT2D eigenvalue weighted by Crippen LogP contribution is -2.40. The van der Waals surface area contributed by atoms with Crippen LogP contribution in [0.3, 0.4) is 0 Å². The number of likely N-dealkylation sites (N-methyl/N-ethyl adjacent to an activating group) is 2. The van der Waals surface area contributed by atoms with Gasteiger partial charge in [0.2, 0.25) is 0 Å². The number of hydrogen-bond donors (Lipinski definition) is 1. The van der Waals surface area contributed by atoms with Gasteiger partial charge in [-0.2, -0.15) is 13.2 Å². The number of aryl methyl sites for hydroxylation is 2. The van der Waals surface area contributed by atoms with E-state index >= 15 is 0 Å². The van der Waals surface area contributed by atoms with Crippen molar-refractivity contribution in [3.05, 3.63) is 34.9 Å². The molecule has 0 aliphatic rings. The van der Waals surface area contributed by atoms with Crippen LogP contribution < -0.4 is 5.32 Å². The Kier molecular flexibility index (Phi) is 6.68. The second-order valence-electron chi connectivity index (χ2n) is 5.41. The molecule has 0 radical (unpaired) electrons. The molecule has 0 heterocycles. The van der Waals surface area contributed by atoms with Crippen molar-refractivity contribution >= 4 is 0 Å². The zero-order valence-electron chi connectivity index (χ0n) is 13.2. The zero-order chi connectivity index (χ0) is 16.0. The normalized spacial score (nSPS) is 13.7. The largest absolute Gasteiger partial charge is 0.401 e. The minimum absolute atomic E-state index is 0.0853. The Hall–Kier alpha value is -1.07. The Labute approximate surface area is 125 Å². The van der Waals surface area contributed by atoms with Gasteiger partial charge in [0.15, 0.2) is 0 Å². The van der Waals surface area contributed by atoms with E-state index in [1.165, 1.54) is 4.90 Å². The third-order valence-corrected chi connectivity index (χ3v) is 3.54. The standard InChI is InChI=1S/C16H25F3N2/c1-5-20-15(10-21(6-2)11-16(17,18)19)14-8-7-12(3)9-13(14)4/h7-9,15,20H,5-6,10-11H2,1-4H3. The van der Waals surface area contributed by atoms with Gasteiger partial charge in [0, 0.05) is 12.6 Å². The van der Waals surface area contributed by atoms with Crippen molar-refractivity contribution in [2.24, 2.45) is 0 Å². The fourth-order valence-corrected chi connectivity index (χ4v) is 2.55. The highest BCUT2D eigenvalue weighted by atomic mass is 19.4. The van der Waals surface area contributed by atoms with Crippen LogP contribution in [0, 0.1) is 13.8 Å². The van der Waals surface area contributed by atoms with Gasteiger partial charge in [0.05, 0.1) is 6.54 Å². The van der Waals surface area contributed by atoms with E-state index in [9.17, 15) is 13.2 Å². The number of benzene rings is 1. The SMILES string of the molecule is CCNC(CN(CC)CC(F)(F)F)c1ccc(C)cc1C. The lowest BCUT2D eigenvalue weighted by molar-refractivity contribution is -0.146. The molecule has 1 N–H and O–H groups in total. The second-order valence-corrected chi connectivity index (χ2v) is 5.41. The van der Waals surface area contributed by atoms with Crippen molar-refractivity contribution in [1.29, 1.82) is 0 Å². The molecule has 1 rings (SSSR count). The maximum Gasteiger partial charge on any atom is 0.401 e. The lowest BCUT2D eigenvalue weighted by atomic mass is 9.98. The van der Waals surface area contributed by atoms with Crippen LogP contribution in [0.25, 0.3) is 0 Å². The van der Waals surface area contributed by atoms with E-state index < -0.39 is 12.7 Å². The Bertz CT molecular complexity index is 444. The van der Waals surface area contributed by atoms with E-state index in [1.54, 1.807) is 6.92 Å². The van der Waals surface area contributed by atoms with Crippen molar-refractivity contribution in [1.82, 2.24) is 10.2 Å². The molecule has 1 aromatic rings. The Balaban J connectivity index is 2.90. The van der Waals surface area contributed by atoms with Crippen molar-refractivity contribution in [2.75, 3.05) is 26.2 Å².